The monoisotopic (exact) mass is 267 g/mol. The van der Waals surface area contributed by atoms with Gasteiger partial charge in [-0.25, -0.2) is 4.68 Å². The first-order valence-electron chi connectivity index (χ1n) is 6.29. The van der Waals surface area contributed by atoms with Crippen LogP contribution in [-0.4, -0.2) is 34.4 Å². The average Bonchev–Trinajstić information content (AvgIpc) is 2.36. The van der Waals surface area contributed by atoms with Gasteiger partial charge in [-0.05, 0) is 27.2 Å². The summed E-state index contributed by atoms with van der Waals surface area (Å²) in [5, 5.41) is 13.1. The normalized spacial score (nSPS) is 11.4. The molecule has 0 spiro atoms. The number of carboxylic acids is 1. The standard InChI is InChI=1S/C13H21N3O3/c1-5-15(4)10-8-11(17)16(14-9-10)7-6-13(2,3)12(18)19/h8-9H,5-7H2,1-4H3,(H,18,19). The van der Waals surface area contributed by atoms with Gasteiger partial charge < -0.3 is 10.0 Å². The minimum atomic E-state index is -0.872. The lowest BCUT2D eigenvalue weighted by molar-refractivity contribution is -0.147. The Morgan fingerprint density at radius 2 is 2.16 bits per heavy atom. The quantitative estimate of drug-likeness (QED) is 0.838. The van der Waals surface area contributed by atoms with E-state index in [2.05, 4.69) is 5.10 Å². The first-order chi connectivity index (χ1) is 8.77. The summed E-state index contributed by atoms with van der Waals surface area (Å²) in [6.45, 7) is 6.35. The number of aryl methyl sites for hydroxylation is 1. The maximum Gasteiger partial charge on any atom is 0.309 e. The molecule has 1 aromatic rings. The van der Waals surface area contributed by atoms with Crippen LogP contribution in [0.25, 0.3) is 0 Å². The van der Waals surface area contributed by atoms with Crippen LogP contribution in [0.4, 0.5) is 5.69 Å². The van der Waals surface area contributed by atoms with E-state index in [1.54, 1.807) is 20.0 Å². The minimum absolute atomic E-state index is 0.209. The Hall–Kier alpha value is -1.85. The van der Waals surface area contributed by atoms with Crippen molar-refractivity contribution in [1.29, 1.82) is 0 Å². The van der Waals surface area contributed by atoms with E-state index < -0.39 is 11.4 Å². The molecule has 0 aliphatic heterocycles. The molecule has 0 aliphatic carbocycles. The van der Waals surface area contributed by atoms with Gasteiger partial charge in [0.2, 0.25) is 0 Å². The number of anilines is 1. The van der Waals surface area contributed by atoms with Crippen LogP contribution in [0.2, 0.25) is 0 Å². The first-order valence-corrected chi connectivity index (χ1v) is 6.29. The number of nitrogens with zero attached hydrogens (tertiary/aromatic N) is 3. The van der Waals surface area contributed by atoms with E-state index in [1.807, 2.05) is 18.9 Å². The molecule has 0 fully saturated rings. The second kappa shape index (κ2) is 5.86. The van der Waals surface area contributed by atoms with Crippen LogP contribution >= 0.6 is 0 Å². The molecule has 0 bridgehead atoms. The molecule has 0 aromatic carbocycles. The fourth-order valence-corrected chi connectivity index (χ4v) is 1.48. The van der Waals surface area contributed by atoms with Crippen LogP contribution in [0.1, 0.15) is 27.2 Å². The number of hydrogen-bond donors (Lipinski definition) is 1. The summed E-state index contributed by atoms with van der Waals surface area (Å²) in [6.07, 6.45) is 1.98. The SMILES string of the molecule is CCN(C)c1cnn(CCC(C)(C)C(=O)O)c(=O)c1. The van der Waals surface area contributed by atoms with Crippen molar-refractivity contribution in [2.24, 2.45) is 5.41 Å². The van der Waals surface area contributed by atoms with Crippen molar-refractivity contribution >= 4 is 11.7 Å². The van der Waals surface area contributed by atoms with Gasteiger partial charge in [0.25, 0.3) is 5.56 Å². The zero-order chi connectivity index (χ0) is 14.6. The van der Waals surface area contributed by atoms with Gasteiger partial charge >= 0.3 is 5.97 Å². The molecule has 1 N–H and O–H groups in total. The average molecular weight is 267 g/mol. The van der Waals surface area contributed by atoms with Crippen LogP contribution in [0.3, 0.4) is 0 Å². The molecule has 0 aliphatic rings. The van der Waals surface area contributed by atoms with Crippen molar-refractivity contribution < 1.29 is 9.90 Å². The molecule has 0 atom stereocenters. The molecule has 1 aromatic heterocycles. The molecule has 6 nitrogen and oxygen atoms in total. The zero-order valence-electron chi connectivity index (χ0n) is 11.9. The van der Waals surface area contributed by atoms with Crippen molar-refractivity contribution in [3.05, 3.63) is 22.6 Å². The molecule has 1 rings (SSSR count). The van der Waals surface area contributed by atoms with E-state index in [1.165, 1.54) is 10.7 Å². The van der Waals surface area contributed by atoms with Gasteiger partial charge in [0.05, 0.1) is 17.3 Å². The van der Waals surface area contributed by atoms with E-state index in [4.69, 9.17) is 5.11 Å². The molecule has 106 valence electrons. The largest absolute Gasteiger partial charge is 0.481 e. The van der Waals surface area contributed by atoms with Gasteiger partial charge in [-0.1, -0.05) is 0 Å². The smallest absolute Gasteiger partial charge is 0.309 e. The fourth-order valence-electron chi connectivity index (χ4n) is 1.48. The molecular formula is C13H21N3O3. The number of aliphatic carboxylic acids is 1. The molecule has 0 unspecified atom stereocenters. The van der Waals surface area contributed by atoms with E-state index in [9.17, 15) is 9.59 Å². The summed E-state index contributed by atoms with van der Waals surface area (Å²) < 4.78 is 1.30. The van der Waals surface area contributed by atoms with Crippen molar-refractivity contribution in [2.45, 2.75) is 33.7 Å². The molecule has 1 heterocycles. The van der Waals surface area contributed by atoms with E-state index >= 15 is 0 Å². The van der Waals surface area contributed by atoms with E-state index in [0.717, 1.165) is 12.2 Å². The third kappa shape index (κ3) is 3.81. The third-order valence-electron chi connectivity index (χ3n) is 3.30. The highest BCUT2D eigenvalue weighted by atomic mass is 16.4. The Balaban J connectivity index is 2.82. The summed E-state index contributed by atoms with van der Waals surface area (Å²) in [6, 6.07) is 1.52. The molecule has 19 heavy (non-hydrogen) atoms. The van der Waals surface area contributed by atoms with Crippen molar-refractivity contribution in [2.75, 3.05) is 18.5 Å². The molecule has 0 radical (unpaired) electrons. The number of aromatic nitrogens is 2. The Bertz CT molecular complexity index is 508. The van der Waals surface area contributed by atoms with Gasteiger partial charge in [-0.15, -0.1) is 0 Å². The molecule has 0 saturated carbocycles. The first kappa shape index (κ1) is 15.2. The summed E-state index contributed by atoms with van der Waals surface area (Å²) in [5.41, 5.74) is -0.305. The third-order valence-corrected chi connectivity index (χ3v) is 3.30. The Morgan fingerprint density at radius 3 is 2.63 bits per heavy atom. The number of hydrogen-bond acceptors (Lipinski definition) is 4. The van der Waals surface area contributed by atoms with Gasteiger partial charge in [0.1, 0.15) is 0 Å². The fraction of sp³-hybridized carbons (Fsp3) is 0.615. The Labute approximate surface area is 112 Å². The van der Waals surface area contributed by atoms with Crippen molar-refractivity contribution in [3.8, 4) is 0 Å². The Morgan fingerprint density at radius 1 is 1.53 bits per heavy atom. The lowest BCUT2D eigenvalue weighted by Crippen LogP contribution is -2.30. The van der Waals surface area contributed by atoms with Gasteiger partial charge in [0.15, 0.2) is 0 Å². The van der Waals surface area contributed by atoms with Crippen molar-refractivity contribution in [3.63, 3.8) is 0 Å². The molecule has 6 heteroatoms. The van der Waals surface area contributed by atoms with Crippen LogP contribution in [-0.2, 0) is 11.3 Å². The number of rotatable bonds is 6. The lowest BCUT2D eigenvalue weighted by Gasteiger charge is -2.19. The number of carbonyl (C=O) groups is 1. The van der Waals surface area contributed by atoms with Crippen molar-refractivity contribution in [1.82, 2.24) is 9.78 Å². The summed E-state index contributed by atoms with van der Waals surface area (Å²) in [4.78, 5) is 24.8. The summed E-state index contributed by atoms with van der Waals surface area (Å²) in [5.74, 6) is -0.872. The molecule has 0 saturated heterocycles. The van der Waals surface area contributed by atoms with Crippen LogP contribution in [0.15, 0.2) is 17.1 Å². The number of carboxylic acid groups (broad SMARTS) is 1. The van der Waals surface area contributed by atoms with Gasteiger partial charge in [0, 0.05) is 26.2 Å². The van der Waals surface area contributed by atoms with Crippen LogP contribution in [0.5, 0.6) is 0 Å². The predicted octanol–water partition coefficient (Wildman–Crippen LogP) is 1.20. The Kier molecular flexibility index (Phi) is 4.69. The van der Waals surface area contributed by atoms with Crippen LogP contribution < -0.4 is 10.5 Å². The van der Waals surface area contributed by atoms with Crippen LogP contribution in [0, 0.1) is 5.41 Å². The summed E-state index contributed by atoms with van der Waals surface area (Å²) in [7, 11) is 1.88. The molecular weight excluding hydrogens is 246 g/mol. The maximum atomic E-state index is 11.9. The highest BCUT2D eigenvalue weighted by Crippen LogP contribution is 2.20. The predicted molar refractivity (Wildman–Crippen MR) is 73.5 cm³/mol. The topological polar surface area (TPSA) is 75.4 Å². The maximum absolute atomic E-state index is 11.9. The van der Waals surface area contributed by atoms with Gasteiger partial charge in [-0.3, -0.25) is 9.59 Å². The summed E-state index contributed by atoms with van der Waals surface area (Å²) >= 11 is 0. The molecule has 0 amide bonds. The van der Waals surface area contributed by atoms with E-state index in [-0.39, 0.29) is 5.56 Å². The second-order valence-corrected chi connectivity index (χ2v) is 5.23. The van der Waals surface area contributed by atoms with Gasteiger partial charge in [-0.2, -0.15) is 5.10 Å². The minimum Gasteiger partial charge on any atom is -0.481 e. The van der Waals surface area contributed by atoms with E-state index in [0.29, 0.717) is 13.0 Å². The highest BCUT2D eigenvalue weighted by Gasteiger charge is 2.26. The second-order valence-electron chi connectivity index (χ2n) is 5.23. The lowest BCUT2D eigenvalue weighted by atomic mass is 9.90. The highest BCUT2D eigenvalue weighted by molar-refractivity contribution is 5.73. The zero-order valence-corrected chi connectivity index (χ0v) is 11.9.